The van der Waals surface area contributed by atoms with Crippen LogP contribution in [0, 0.1) is 0 Å². The van der Waals surface area contributed by atoms with Gasteiger partial charge in [0.25, 0.3) is 0 Å². The van der Waals surface area contributed by atoms with Crippen LogP contribution in [0.2, 0.25) is 0 Å². The van der Waals surface area contributed by atoms with Gasteiger partial charge in [0.1, 0.15) is 0 Å². The highest BCUT2D eigenvalue weighted by Crippen LogP contribution is 2.44. The van der Waals surface area contributed by atoms with Crippen molar-refractivity contribution in [2.24, 2.45) is 0 Å². The Labute approximate surface area is 115 Å². The summed E-state index contributed by atoms with van der Waals surface area (Å²) in [6.45, 7) is 2.13. The molecule has 1 aliphatic heterocycles. The molecule has 1 unspecified atom stereocenters. The molecule has 0 amide bonds. The van der Waals surface area contributed by atoms with Gasteiger partial charge in [0, 0.05) is 24.4 Å². The van der Waals surface area contributed by atoms with Crippen LogP contribution in [0.15, 0.2) is 24.4 Å². The number of aromatic nitrogens is 1. The summed E-state index contributed by atoms with van der Waals surface area (Å²) in [6, 6.07) is 6.26. The fourth-order valence-corrected chi connectivity index (χ4v) is 3.27. The van der Waals surface area contributed by atoms with Gasteiger partial charge in [-0.15, -0.1) is 0 Å². The number of halogens is 1. The number of rotatable bonds is 1. The van der Waals surface area contributed by atoms with Crippen LogP contribution in [0.5, 0.6) is 0 Å². The highest BCUT2D eigenvalue weighted by Gasteiger charge is 2.40. The van der Waals surface area contributed by atoms with Crippen LogP contribution in [0.3, 0.4) is 0 Å². The third-order valence-corrected chi connectivity index (χ3v) is 4.11. The zero-order valence-electron chi connectivity index (χ0n) is 11.8. The molecule has 1 saturated heterocycles. The zero-order valence-corrected chi connectivity index (χ0v) is 11.8. The summed E-state index contributed by atoms with van der Waals surface area (Å²) < 4.78 is 16.3. The standard InChI is InChI=1S/C14H19NO.C2H5F/c1-4-9-15-13(5-1)12-6-10-16-14(11-12)7-2-3-8-14;1-2-3/h1,4-5,9,12H,2-3,6-8,10-11H2;2H2,1H3. The molecule has 0 N–H and O–H groups in total. The van der Waals surface area contributed by atoms with Crippen LogP contribution >= 0.6 is 0 Å². The third-order valence-electron chi connectivity index (χ3n) is 4.11. The second kappa shape index (κ2) is 6.99. The molecular weight excluding hydrogens is 241 g/mol. The summed E-state index contributed by atoms with van der Waals surface area (Å²) >= 11 is 0. The average molecular weight is 265 g/mol. The summed E-state index contributed by atoms with van der Waals surface area (Å²) in [6.07, 6.45) is 9.44. The van der Waals surface area contributed by atoms with E-state index in [1.807, 2.05) is 12.3 Å². The SMILES string of the molecule is CCF.c1ccc(C2CCOC3(CCCC3)C2)nc1. The van der Waals surface area contributed by atoms with E-state index >= 15 is 0 Å². The first kappa shape index (κ1) is 14.4. The van der Waals surface area contributed by atoms with E-state index in [-0.39, 0.29) is 12.3 Å². The second-order valence-electron chi connectivity index (χ2n) is 5.45. The van der Waals surface area contributed by atoms with Crippen molar-refractivity contribution >= 4 is 0 Å². The summed E-state index contributed by atoms with van der Waals surface area (Å²) in [5, 5.41) is 0. The predicted molar refractivity (Wildman–Crippen MR) is 75.0 cm³/mol. The maximum Gasteiger partial charge on any atom is 0.0866 e. The van der Waals surface area contributed by atoms with Gasteiger partial charge >= 0.3 is 0 Å². The van der Waals surface area contributed by atoms with Crippen molar-refractivity contribution in [1.29, 1.82) is 0 Å². The van der Waals surface area contributed by atoms with E-state index in [0.717, 1.165) is 13.0 Å². The van der Waals surface area contributed by atoms with Gasteiger partial charge in [0.2, 0.25) is 0 Å². The van der Waals surface area contributed by atoms with E-state index in [2.05, 4.69) is 17.1 Å². The van der Waals surface area contributed by atoms with E-state index in [4.69, 9.17) is 4.74 Å². The highest BCUT2D eigenvalue weighted by atomic mass is 19.1. The molecule has 1 aromatic rings. The molecule has 2 nitrogen and oxygen atoms in total. The normalized spacial score (nSPS) is 24.8. The molecule has 2 fully saturated rings. The smallest absolute Gasteiger partial charge is 0.0866 e. The van der Waals surface area contributed by atoms with Crippen molar-refractivity contribution in [2.75, 3.05) is 13.3 Å². The minimum absolute atomic E-state index is 0.209. The molecular formula is C16H24FNO. The summed E-state index contributed by atoms with van der Waals surface area (Å²) in [5.74, 6) is 0.619. The van der Waals surface area contributed by atoms with Crippen LogP contribution in [0.4, 0.5) is 4.39 Å². The minimum atomic E-state index is -0.250. The molecule has 2 aliphatic rings. The first-order valence-electron chi connectivity index (χ1n) is 7.40. The van der Waals surface area contributed by atoms with Crippen molar-refractivity contribution in [3.8, 4) is 0 Å². The fraction of sp³-hybridized carbons (Fsp3) is 0.688. The van der Waals surface area contributed by atoms with Crippen LogP contribution in [-0.2, 0) is 4.74 Å². The summed E-state index contributed by atoms with van der Waals surface area (Å²) in [7, 11) is 0. The van der Waals surface area contributed by atoms with Gasteiger partial charge in [-0.25, -0.2) is 0 Å². The maximum absolute atomic E-state index is 10.3. The number of hydrogen-bond donors (Lipinski definition) is 0. The van der Waals surface area contributed by atoms with Gasteiger partial charge in [-0.3, -0.25) is 9.37 Å². The number of ether oxygens (including phenoxy) is 1. The number of nitrogens with zero attached hydrogens (tertiary/aromatic N) is 1. The van der Waals surface area contributed by atoms with Crippen molar-refractivity contribution in [3.63, 3.8) is 0 Å². The molecule has 1 saturated carbocycles. The van der Waals surface area contributed by atoms with E-state index < -0.39 is 0 Å². The average Bonchev–Trinajstić information content (AvgIpc) is 2.89. The monoisotopic (exact) mass is 265 g/mol. The summed E-state index contributed by atoms with van der Waals surface area (Å²) in [4.78, 5) is 4.50. The number of hydrogen-bond acceptors (Lipinski definition) is 2. The Morgan fingerprint density at radius 2 is 2.11 bits per heavy atom. The Morgan fingerprint density at radius 1 is 1.37 bits per heavy atom. The molecule has 2 heterocycles. The van der Waals surface area contributed by atoms with Crippen LogP contribution in [-0.4, -0.2) is 23.9 Å². The topological polar surface area (TPSA) is 22.1 Å². The molecule has 19 heavy (non-hydrogen) atoms. The molecule has 1 spiro atoms. The molecule has 3 heteroatoms. The van der Waals surface area contributed by atoms with E-state index in [1.165, 1.54) is 44.7 Å². The molecule has 1 aromatic heterocycles. The Bertz CT molecular complexity index is 362. The number of alkyl halides is 1. The third kappa shape index (κ3) is 3.75. The van der Waals surface area contributed by atoms with Crippen molar-refractivity contribution in [3.05, 3.63) is 30.1 Å². The Balaban J connectivity index is 0.000000408. The lowest BCUT2D eigenvalue weighted by atomic mass is 9.83. The number of pyridine rings is 1. The molecule has 106 valence electrons. The van der Waals surface area contributed by atoms with E-state index in [1.54, 1.807) is 0 Å². The predicted octanol–water partition coefficient (Wildman–Crippen LogP) is 4.26. The molecule has 3 rings (SSSR count). The largest absolute Gasteiger partial charge is 0.375 e. The minimum Gasteiger partial charge on any atom is -0.375 e. The van der Waals surface area contributed by atoms with Crippen LogP contribution in [0.25, 0.3) is 0 Å². The van der Waals surface area contributed by atoms with Gasteiger partial charge in [-0.2, -0.15) is 0 Å². The quantitative estimate of drug-likeness (QED) is 0.756. The Kier molecular flexibility index (Phi) is 5.32. The fourth-order valence-electron chi connectivity index (χ4n) is 3.27. The molecule has 1 aliphatic carbocycles. The lowest BCUT2D eigenvalue weighted by molar-refractivity contribution is -0.0809. The van der Waals surface area contributed by atoms with Crippen molar-refractivity contribution in [2.45, 2.75) is 57.0 Å². The molecule has 1 atom stereocenters. The van der Waals surface area contributed by atoms with Gasteiger partial charge in [-0.1, -0.05) is 18.9 Å². The molecule has 0 bridgehead atoms. The van der Waals surface area contributed by atoms with E-state index in [9.17, 15) is 4.39 Å². The first-order valence-corrected chi connectivity index (χ1v) is 7.40. The van der Waals surface area contributed by atoms with Gasteiger partial charge in [0.15, 0.2) is 0 Å². The highest BCUT2D eigenvalue weighted by molar-refractivity contribution is 5.12. The zero-order chi connectivity index (χ0) is 13.6. The van der Waals surface area contributed by atoms with Gasteiger partial charge in [0.05, 0.1) is 12.3 Å². The van der Waals surface area contributed by atoms with Crippen molar-refractivity contribution in [1.82, 2.24) is 4.98 Å². The van der Waals surface area contributed by atoms with Crippen molar-refractivity contribution < 1.29 is 9.13 Å². The Hall–Kier alpha value is -0.960. The lowest BCUT2D eigenvalue weighted by Gasteiger charge is -2.38. The van der Waals surface area contributed by atoms with E-state index in [0.29, 0.717) is 5.92 Å². The molecule has 0 aromatic carbocycles. The lowest BCUT2D eigenvalue weighted by Crippen LogP contribution is -2.36. The second-order valence-corrected chi connectivity index (χ2v) is 5.45. The van der Waals surface area contributed by atoms with Gasteiger partial charge < -0.3 is 4.74 Å². The maximum atomic E-state index is 10.3. The van der Waals surface area contributed by atoms with Crippen LogP contribution < -0.4 is 0 Å². The van der Waals surface area contributed by atoms with Crippen LogP contribution in [0.1, 0.15) is 57.1 Å². The summed E-state index contributed by atoms with van der Waals surface area (Å²) in [5.41, 5.74) is 1.47. The Morgan fingerprint density at radius 3 is 2.74 bits per heavy atom. The molecule has 0 radical (unpaired) electrons. The first-order chi connectivity index (χ1) is 9.29. The van der Waals surface area contributed by atoms with Gasteiger partial charge in [-0.05, 0) is 44.7 Å².